The monoisotopic (exact) mass is 470 g/mol. The van der Waals surface area contributed by atoms with Crippen LogP contribution in [0.25, 0.3) is 0 Å². The molecule has 0 spiro atoms. The minimum atomic E-state index is -0.721. The van der Waals surface area contributed by atoms with Gasteiger partial charge in [0.1, 0.15) is 0 Å². The third-order valence-electron chi connectivity index (χ3n) is 12.2. The Labute approximate surface area is 206 Å². The van der Waals surface area contributed by atoms with E-state index in [0.717, 1.165) is 44.9 Å². The summed E-state index contributed by atoms with van der Waals surface area (Å²) >= 11 is 0. The molecular formula is C30H46O4. The molecular weight excluding hydrogens is 424 g/mol. The fourth-order valence-corrected chi connectivity index (χ4v) is 9.76. The molecule has 0 saturated heterocycles. The van der Waals surface area contributed by atoms with Gasteiger partial charge in [-0.2, -0.15) is 0 Å². The normalized spacial score (nSPS) is 48.1. The van der Waals surface area contributed by atoms with E-state index in [0.29, 0.717) is 30.1 Å². The first kappa shape index (κ1) is 25.5. The molecule has 34 heavy (non-hydrogen) atoms. The molecule has 4 heteroatoms. The molecule has 4 rings (SSSR count). The van der Waals surface area contributed by atoms with Gasteiger partial charge in [0.05, 0.1) is 5.41 Å². The van der Waals surface area contributed by atoms with E-state index in [4.69, 9.17) is 0 Å². The predicted octanol–water partition coefficient (Wildman–Crippen LogP) is 7.35. The summed E-state index contributed by atoms with van der Waals surface area (Å²) in [4.78, 5) is 24.4. The van der Waals surface area contributed by atoms with Gasteiger partial charge in [0.2, 0.25) is 0 Å². The van der Waals surface area contributed by atoms with E-state index in [-0.39, 0.29) is 28.6 Å². The van der Waals surface area contributed by atoms with E-state index in [1.54, 1.807) is 0 Å². The van der Waals surface area contributed by atoms with Gasteiger partial charge in [-0.25, -0.2) is 0 Å². The Bertz CT molecular complexity index is 919. The van der Waals surface area contributed by atoms with Crippen LogP contribution < -0.4 is 0 Å². The lowest BCUT2D eigenvalue weighted by Gasteiger charge is -2.69. The second kappa shape index (κ2) is 8.23. The fraction of sp³-hybridized carbons (Fsp3) is 0.800. The summed E-state index contributed by atoms with van der Waals surface area (Å²) in [5, 5.41) is 20.1. The smallest absolute Gasteiger partial charge is 0.310 e. The highest BCUT2D eigenvalue weighted by Gasteiger charge is 2.67. The van der Waals surface area contributed by atoms with Crippen molar-refractivity contribution in [1.82, 2.24) is 0 Å². The van der Waals surface area contributed by atoms with Crippen molar-refractivity contribution in [2.75, 3.05) is 0 Å². The Kier molecular flexibility index (Phi) is 6.18. The number of allylic oxidation sites excluding steroid dienone is 3. The van der Waals surface area contributed by atoms with Gasteiger partial charge in [0.15, 0.2) is 0 Å². The maximum Gasteiger partial charge on any atom is 0.310 e. The zero-order valence-corrected chi connectivity index (χ0v) is 22.2. The van der Waals surface area contributed by atoms with Gasteiger partial charge < -0.3 is 10.2 Å². The van der Waals surface area contributed by atoms with Crippen LogP contribution >= 0.6 is 0 Å². The fourth-order valence-electron chi connectivity index (χ4n) is 9.76. The molecule has 0 bridgehead atoms. The first-order chi connectivity index (χ1) is 15.7. The molecule has 0 radical (unpaired) electrons. The van der Waals surface area contributed by atoms with Crippen LogP contribution in [0, 0.1) is 51.2 Å². The summed E-state index contributed by atoms with van der Waals surface area (Å²) in [6.45, 7) is 18.3. The van der Waals surface area contributed by atoms with Crippen molar-refractivity contribution < 1.29 is 19.8 Å². The van der Waals surface area contributed by atoms with Crippen LogP contribution in [0.4, 0.5) is 0 Å². The summed E-state index contributed by atoms with van der Waals surface area (Å²) in [7, 11) is 0. The van der Waals surface area contributed by atoms with Gasteiger partial charge >= 0.3 is 11.9 Å². The van der Waals surface area contributed by atoms with Crippen LogP contribution in [-0.2, 0) is 9.59 Å². The maximum atomic E-state index is 12.8. The minimum Gasteiger partial charge on any atom is -0.481 e. The van der Waals surface area contributed by atoms with Crippen LogP contribution in [0.3, 0.4) is 0 Å². The van der Waals surface area contributed by atoms with Gasteiger partial charge in [-0.3, -0.25) is 9.59 Å². The lowest BCUT2D eigenvalue weighted by molar-refractivity contribution is -0.174. The Morgan fingerprint density at radius 2 is 1.74 bits per heavy atom. The molecule has 0 heterocycles. The Hall–Kier alpha value is -1.58. The molecule has 4 aliphatic rings. The largest absolute Gasteiger partial charge is 0.481 e. The maximum absolute atomic E-state index is 12.8. The Morgan fingerprint density at radius 3 is 2.32 bits per heavy atom. The Morgan fingerprint density at radius 1 is 1.06 bits per heavy atom. The highest BCUT2D eigenvalue weighted by Crippen LogP contribution is 2.74. The van der Waals surface area contributed by atoms with Gasteiger partial charge in [-0.1, -0.05) is 58.4 Å². The van der Waals surface area contributed by atoms with Gasteiger partial charge in [-0.15, -0.1) is 0 Å². The number of carboxylic acids is 2. The average Bonchev–Trinajstić information content (AvgIpc) is 2.75. The number of rotatable bonds is 5. The third kappa shape index (κ3) is 3.29. The summed E-state index contributed by atoms with van der Waals surface area (Å²) in [5.74, 6) is 0.391. The quantitative estimate of drug-likeness (QED) is 0.412. The summed E-state index contributed by atoms with van der Waals surface area (Å²) in [5.41, 5.74) is 1.85. The molecule has 3 saturated carbocycles. The Balaban J connectivity index is 1.83. The second-order valence-electron chi connectivity index (χ2n) is 13.3. The van der Waals surface area contributed by atoms with E-state index in [9.17, 15) is 19.8 Å². The summed E-state index contributed by atoms with van der Waals surface area (Å²) < 4.78 is 0. The van der Waals surface area contributed by atoms with E-state index < -0.39 is 17.4 Å². The number of carbonyl (C=O) groups is 2. The zero-order valence-electron chi connectivity index (χ0n) is 22.2. The molecule has 190 valence electrons. The van der Waals surface area contributed by atoms with Crippen molar-refractivity contribution in [1.29, 1.82) is 0 Å². The molecule has 4 nitrogen and oxygen atoms in total. The topological polar surface area (TPSA) is 74.6 Å². The van der Waals surface area contributed by atoms with Crippen LogP contribution in [-0.4, -0.2) is 22.2 Å². The highest BCUT2D eigenvalue weighted by molar-refractivity contribution is 5.76. The molecule has 4 aliphatic carbocycles. The molecule has 3 fully saturated rings. The number of hydrogen-bond donors (Lipinski definition) is 2. The standard InChI is InChI=1S/C30H46O4/c1-18(2)21-11-14-29(7)23(27(21,5)13-12-24(31)32)9-8-22-25-20(4)19(3)10-15-30(25,26(33)34)17-16-28(22,29)6/h8,19-21,23,25H,1,9-17H2,2-7H3,(H,31,32)(H,33,34)/t19-,20+,21?,23?,25?,27+,28-,29-,30+/m1/s1. The van der Waals surface area contributed by atoms with Gasteiger partial charge in [0.25, 0.3) is 0 Å². The van der Waals surface area contributed by atoms with Crippen LogP contribution in [0.2, 0.25) is 0 Å². The second-order valence-corrected chi connectivity index (χ2v) is 13.3. The minimum absolute atomic E-state index is 0.0291. The van der Waals surface area contributed by atoms with Crippen molar-refractivity contribution in [3.63, 3.8) is 0 Å². The lowest BCUT2D eigenvalue weighted by Crippen LogP contribution is -2.62. The molecule has 0 aromatic carbocycles. The molecule has 0 amide bonds. The van der Waals surface area contributed by atoms with Crippen LogP contribution in [0.5, 0.6) is 0 Å². The third-order valence-corrected chi connectivity index (χ3v) is 12.2. The molecule has 2 N–H and O–H groups in total. The molecule has 0 aromatic rings. The predicted molar refractivity (Wildman–Crippen MR) is 135 cm³/mol. The molecule has 3 unspecified atom stereocenters. The van der Waals surface area contributed by atoms with Crippen molar-refractivity contribution in [3.05, 3.63) is 23.8 Å². The number of carboxylic acid groups (broad SMARTS) is 2. The molecule has 9 atom stereocenters. The first-order valence-electron chi connectivity index (χ1n) is 13.6. The van der Waals surface area contributed by atoms with Gasteiger partial charge in [-0.05, 0) is 104 Å². The highest BCUT2D eigenvalue weighted by atomic mass is 16.4. The number of aliphatic carboxylic acids is 2. The van der Waals surface area contributed by atoms with E-state index in [1.807, 2.05) is 0 Å². The van der Waals surface area contributed by atoms with E-state index in [2.05, 4.69) is 54.2 Å². The zero-order chi connectivity index (χ0) is 25.3. The van der Waals surface area contributed by atoms with Crippen molar-refractivity contribution in [2.45, 2.75) is 99.3 Å². The van der Waals surface area contributed by atoms with E-state index >= 15 is 0 Å². The lowest BCUT2D eigenvalue weighted by atomic mass is 9.35. The van der Waals surface area contributed by atoms with E-state index in [1.165, 1.54) is 11.1 Å². The SMILES string of the molecule is C=C(C)C1CC[C@]2(C)C(CC=C3C4[C@@H](C)[C@H](C)CC[C@]4(C(=O)O)CC[C@]32C)[C@@]1(C)CCC(=O)O. The number of fused-ring (bicyclic) bond motifs is 5. The molecule has 0 aromatic heterocycles. The molecule has 0 aliphatic heterocycles. The summed E-state index contributed by atoms with van der Waals surface area (Å²) in [6.07, 6.45) is 9.86. The van der Waals surface area contributed by atoms with Crippen molar-refractivity contribution >= 4 is 11.9 Å². The van der Waals surface area contributed by atoms with Crippen molar-refractivity contribution in [2.24, 2.45) is 51.2 Å². The van der Waals surface area contributed by atoms with Crippen LogP contribution in [0.15, 0.2) is 23.8 Å². The van der Waals surface area contributed by atoms with Gasteiger partial charge in [0, 0.05) is 6.42 Å². The summed E-state index contributed by atoms with van der Waals surface area (Å²) in [6, 6.07) is 0. The van der Waals surface area contributed by atoms with Crippen molar-refractivity contribution in [3.8, 4) is 0 Å². The first-order valence-corrected chi connectivity index (χ1v) is 13.6. The average molecular weight is 471 g/mol. The number of hydrogen-bond acceptors (Lipinski definition) is 2. The van der Waals surface area contributed by atoms with Crippen LogP contribution in [0.1, 0.15) is 99.3 Å².